The predicted molar refractivity (Wildman–Crippen MR) is 132 cm³/mol. The standard InChI is InChI=1S/C27H33N3O5/c1-18-24(19(2)35-29-18)17-34-23-12-8-21(9-13-23)27(32)28-25-16-30(14-4-5-26(25)31)15-20-6-10-22(33-3)11-7-20/h6-13,25-26,31H,4-5,14-17H2,1-3H3,(H,28,32)/t25-,26+/m0/s1. The first-order valence-corrected chi connectivity index (χ1v) is 11.9. The second-order valence-electron chi connectivity index (χ2n) is 8.99. The van der Waals surface area contributed by atoms with Gasteiger partial charge in [-0.25, -0.2) is 0 Å². The van der Waals surface area contributed by atoms with Crippen molar-refractivity contribution < 1.29 is 23.9 Å². The second-order valence-corrected chi connectivity index (χ2v) is 8.99. The van der Waals surface area contributed by atoms with Gasteiger partial charge in [-0.2, -0.15) is 0 Å². The smallest absolute Gasteiger partial charge is 0.251 e. The van der Waals surface area contributed by atoms with Crippen LogP contribution in [0.3, 0.4) is 0 Å². The van der Waals surface area contributed by atoms with Gasteiger partial charge in [-0.3, -0.25) is 9.69 Å². The SMILES string of the molecule is COc1ccc(CN2CCC[C@@H](O)[C@@H](NC(=O)c3ccc(OCc4c(C)noc4C)cc3)C2)cc1. The first kappa shape index (κ1) is 24.8. The minimum atomic E-state index is -0.586. The van der Waals surface area contributed by atoms with Crippen molar-refractivity contribution in [2.45, 2.75) is 52.0 Å². The van der Waals surface area contributed by atoms with Gasteiger partial charge in [-0.05, 0) is 75.2 Å². The van der Waals surface area contributed by atoms with Crippen LogP contribution < -0.4 is 14.8 Å². The first-order chi connectivity index (χ1) is 16.9. The Morgan fingerprint density at radius 1 is 1.14 bits per heavy atom. The van der Waals surface area contributed by atoms with E-state index in [1.807, 2.05) is 38.1 Å². The highest BCUT2D eigenvalue weighted by Crippen LogP contribution is 2.20. The summed E-state index contributed by atoms with van der Waals surface area (Å²) in [6.07, 6.45) is 0.942. The van der Waals surface area contributed by atoms with Crippen LogP contribution in [0, 0.1) is 13.8 Å². The molecule has 2 atom stereocenters. The molecule has 2 heterocycles. The number of carbonyl (C=O) groups is 1. The number of likely N-dealkylation sites (tertiary alicyclic amines) is 1. The highest BCUT2D eigenvalue weighted by atomic mass is 16.5. The molecule has 2 N–H and O–H groups in total. The minimum Gasteiger partial charge on any atom is -0.497 e. The van der Waals surface area contributed by atoms with E-state index in [1.54, 1.807) is 31.4 Å². The van der Waals surface area contributed by atoms with Crippen molar-refractivity contribution in [2.75, 3.05) is 20.2 Å². The molecule has 0 aliphatic carbocycles. The van der Waals surface area contributed by atoms with E-state index in [0.29, 0.717) is 30.9 Å². The van der Waals surface area contributed by atoms with Gasteiger partial charge in [0.1, 0.15) is 23.9 Å². The average Bonchev–Trinajstić information content (AvgIpc) is 3.08. The third-order valence-corrected chi connectivity index (χ3v) is 6.46. The number of nitrogens with zero attached hydrogens (tertiary/aromatic N) is 2. The van der Waals surface area contributed by atoms with E-state index in [1.165, 1.54) is 5.56 Å². The van der Waals surface area contributed by atoms with Crippen molar-refractivity contribution in [2.24, 2.45) is 0 Å². The molecule has 1 fully saturated rings. The summed E-state index contributed by atoms with van der Waals surface area (Å²) >= 11 is 0. The van der Waals surface area contributed by atoms with Gasteiger partial charge in [0.15, 0.2) is 0 Å². The zero-order chi connectivity index (χ0) is 24.8. The normalized spacial score (nSPS) is 18.6. The van der Waals surface area contributed by atoms with Crippen molar-refractivity contribution in [3.05, 3.63) is 76.7 Å². The number of methoxy groups -OCH3 is 1. The molecule has 1 aromatic heterocycles. The number of hydrogen-bond donors (Lipinski definition) is 2. The molecule has 1 aliphatic heterocycles. The second kappa shape index (κ2) is 11.4. The molecule has 1 amide bonds. The number of ether oxygens (including phenoxy) is 2. The van der Waals surface area contributed by atoms with Gasteiger partial charge in [-0.1, -0.05) is 17.3 Å². The summed E-state index contributed by atoms with van der Waals surface area (Å²) in [5.41, 5.74) is 3.42. The van der Waals surface area contributed by atoms with Gasteiger partial charge in [0.2, 0.25) is 0 Å². The zero-order valence-corrected chi connectivity index (χ0v) is 20.5. The quantitative estimate of drug-likeness (QED) is 0.509. The topological polar surface area (TPSA) is 97.1 Å². The van der Waals surface area contributed by atoms with Crippen LogP contribution in [0.5, 0.6) is 11.5 Å². The molecule has 186 valence electrons. The highest BCUT2D eigenvalue weighted by molar-refractivity contribution is 5.94. The molecule has 0 saturated carbocycles. The number of aliphatic hydroxyl groups excluding tert-OH is 1. The van der Waals surface area contributed by atoms with Crippen LogP contribution in [-0.4, -0.2) is 53.4 Å². The fourth-order valence-electron chi connectivity index (χ4n) is 4.31. The fourth-order valence-corrected chi connectivity index (χ4v) is 4.31. The molecule has 3 aromatic rings. The maximum Gasteiger partial charge on any atom is 0.251 e. The molecule has 2 aromatic carbocycles. The van der Waals surface area contributed by atoms with E-state index >= 15 is 0 Å². The molecule has 0 radical (unpaired) electrons. The van der Waals surface area contributed by atoms with Crippen molar-refractivity contribution in [3.63, 3.8) is 0 Å². The Morgan fingerprint density at radius 2 is 1.86 bits per heavy atom. The number of amides is 1. The molecule has 1 aliphatic rings. The van der Waals surface area contributed by atoms with E-state index < -0.39 is 6.10 Å². The number of rotatable bonds is 8. The van der Waals surface area contributed by atoms with E-state index in [4.69, 9.17) is 14.0 Å². The van der Waals surface area contributed by atoms with Crippen LogP contribution in [-0.2, 0) is 13.2 Å². The molecule has 0 bridgehead atoms. The first-order valence-electron chi connectivity index (χ1n) is 11.9. The van der Waals surface area contributed by atoms with Crippen LogP contribution in [0.2, 0.25) is 0 Å². The number of aromatic nitrogens is 1. The Bertz CT molecular complexity index is 1090. The van der Waals surface area contributed by atoms with Gasteiger partial charge < -0.3 is 24.4 Å². The van der Waals surface area contributed by atoms with Crippen LogP contribution in [0.1, 0.15) is 45.8 Å². The van der Waals surface area contributed by atoms with Gasteiger partial charge in [0, 0.05) is 18.7 Å². The lowest BCUT2D eigenvalue weighted by Gasteiger charge is -2.27. The Morgan fingerprint density at radius 3 is 2.51 bits per heavy atom. The monoisotopic (exact) mass is 479 g/mol. The number of aliphatic hydroxyl groups is 1. The Labute approximate surface area is 205 Å². The van der Waals surface area contributed by atoms with Gasteiger partial charge in [0.05, 0.1) is 30.5 Å². The summed E-state index contributed by atoms with van der Waals surface area (Å²) < 4.78 is 16.2. The Kier molecular flexibility index (Phi) is 8.05. The van der Waals surface area contributed by atoms with Crippen LogP contribution in [0.15, 0.2) is 53.1 Å². The maximum absolute atomic E-state index is 12.9. The van der Waals surface area contributed by atoms with Crippen LogP contribution >= 0.6 is 0 Å². The number of carbonyl (C=O) groups excluding carboxylic acids is 1. The lowest BCUT2D eigenvalue weighted by Crippen LogP contribution is -2.48. The van der Waals surface area contributed by atoms with Crippen molar-refractivity contribution in [1.82, 2.24) is 15.4 Å². The summed E-state index contributed by atoms with van der Waals surface area (Å²) in [5, 5.41) is 17.6. The van der Waals surface area contributed by atoms with Gasteiger partial charge in [0.25, 0.3) is 5.91 Å². The van der Waals surface area contributed by atoms with E-state index in [9.17, 15) is 9.90 Å². The Balaban J connectivity index is 1.34. The third kappa shape index (κ3) is 6.41. The minimum absolute atomic E-state index is 0.211. The average molecular weight is 480 g/mol. The van der Waals surface area contributed by atoms with Crippen LogP contribution in [0.4, 0.5) is 0 Å². The summed E-state index contributed by atoms with van der Waals surface area (Å²) in [6.45, 7) is 6.28. The summed E-state index contributed by atoms with van der Waals surface area (Å²) in [4.78, 5) is 15.2. The largest absolute Gasteiger partial charge is 0.497 e. The molecule has 4 rings (SSSR count). The molecule has 8 heteroatoms. The lowest BCUT2D eigenvalue weighted by molar-refractivity contribution is 0.0798. The highest BCUT2D eigenvalue weighted by Gasteiger charge is 2.27. The van der Waals surface area contributed by atoms with Crippen molar-refractivity contribution >= 4 is 5.91 Å². The lowest BCUT2D eigenvalue weighted by atomic mass is 10.1. The van der Waals surface area contributed by atoms with E-state index in [0.717, 1.165) is 42.3 Å². The summed E-state index contributed by atoms with van der Waals surface area (Å²) in [5.74, 6) is 2.01. The van der Waals surface area contributed by atoms with E-state index in [2.05, 4.69) is 15.4 Å². The van der Waals surface area contributed by atoms with Crippen molar-refractivity contribution in [3.8, 4) is 11.5 Å². The molecule has 35 heavy (non-hydrogen) atoms. The molecular weight excluding hydrogens is 446 g/mol. The Hall–Kier alpha value is -3.36. The molecule has 8 nitrogen and oxygen atoms in total. The molecule has 0 spiro atoms. The zero-order valence-electron chi connectivity index (χ0n) is 20.5. The number of hydrogen-bond acceptors (Lipinski definition) is 7. The summed E-state index contributed by atoms with van der Waals surface area (Å²) in [6, 6.07) is 14.6. The van der Waals surface area contributed by atoms with Gasteiger partial charge in [-0.15, -0.1) is 0 Å². The number of benzene rings is 2. The maximum atomic E-state index is 12.9. The number of nitrogens with one attached hydrogen (secondary N) is 1. The van der Waals surface area contributed by atoms with E-state index in [-0.39, 0.29) is 11.9 Å². The predicted octanol–water partition coefficient (Wildman–Crippen LogP) is 3.63. The number of aryl methyl sites for hydroxylation is 2. The van der Waals surface area contributed by atoms with Gasteiger partial charge >= 0.3 is 0 Å². The third-order valence-electron chi connectivity index (χ3n) is 6.46. The van der Waals surface area contributed by atoms with Crippen molar-refractivity contribution in [1.29, 1.82) is 0 Å². The molecule has 0 unspecified atom stereocenters. The van der Waals surface area contributed by atoms with Crippen LogP contribution in [0.25, 0.3) is 0 Å². The summed E-state index contributed by atoms with van der Waals surface area (Å²) in [7, 11) is 1.65. The molecule has 1 saturated heterocycles. The fraction of sp³-hybridized carbons (Fsp3) is 0.407. The molecular formula is C27H33N3O5.